The van der Waals surface area contributed by atoms with Crippen LogP contribution in [0.4, 0.5) is 5.69 Å². The molecule has 1 N–H and O–H groups in total. The quantitative estimate of drug-likeness (QED) is 0.917. The molecule has 1 amide bonds. The summed E-state index contributed by atoms with van der Waals surface area (Å²) in [6.45, 7) is 0.215. The fourth-order valence-corrected chi connectivity index (χ4v) is 1.79. The Morgan fingerprint density at radius 2 is 1.77 bits per heavy atom. The van der Waals surface area contributed by atoms with Crippen molar-refractivity contribution in [1.29, 1.82) is 10.5 Å². The van der Waals surface area contributed by atoms with Crippen LogP contribution in [0.5, 0.6) is 5.75 Å². The van der Waals surface area contributed by atoms with Crippen LogP contribution in [0.3, 0.4) is 0 Å². The van der Waals surface area contributed by atoms with Crippen LogP contribution in [-0.2, 0) is 4.79 Å². The molecule has 5 heteroatoms. The van der Waals surface area contributed by atoms with Crippen LogP contribution >= 0.6 is 0 Å². The summed E-state index contributed by atoms with van der Waals surface area (Å²) >= 11 is 0. The Balaban J connectivity index is 1.83. The smallest absolute Gasteiger partial charge is 0.227 e. The molecule has 0 fully saturated rings. The van der Waals surface area contributed by atoms with Gasteiger partial charge < -0.3 is 10.1 Å². The second-order valence-corrected chi connectivity index (χ2v) is 4.44. The van der Waals surface area contributed by atoms with E-state index in [0.29, 0.717) is 22.6 Å². The van der Waals surface area contributed by atoms with E-state index in [1.54, 1.807) is 48.5 Å². The third-order valence-electron chi connectivity index (χ3n) is 2.90. The Labute approximate surface area is 128 Å². The molecule has 0 aliphatic heterocycles. The van der Waals surface area contributed by atoms with Crippen molar-refractivity contribution >= 4 is 11.6 Å². The van der Waals surface area contributed by atoms with Gasteiger partial charge in [-0.05, 0) is 36.4 Å². The van der Waals surface area contributed by atoms with Crippen LogP contribution < -0.4 is 10.1 Å². The van der Waals surface area contributed by atoms with Crippen LogP contribution in [0, 0.1) is 22.7 Å². The fraction of sp³-hybridized carbons (Fsp3) is 0.118. The minimum absolute atomic E-state index is 0.166. The molecule has 0 saturated carbocycles. The summed E-state index contributed by atoms with van der Waals surface area (Å²) in [6, 6.07) is 17.5. The summed E-state index contributed by atoms with van der Waals surface area (Å²) in [4.78, 5) is 11.8. The molecule has 2 aromatic carbocycles. The highest BCUT2D eigenvalue weighted by Crippen LogP contribution is 2.14. The summed E-state index contributed by atoms with van der Waals surface area (Å²) < 4.78 is 5.44. The van der Waals surface area contributed by atoms with Crippen LogP contribution in [-0.4, -0.2) is 12.5 Å². The molecule has 0 heterocycles. The monoisotopic (exact) mass is 291 g/mol. The highest BCUT2D eigenvalue weighted by Gasteiger charge is 2.06. The lowest BCUT2D eigenvalue weighted by atomic mass is 10.2. The zero-order valence-electron chi connectivity index (χ0n) is 11.7. The Morgan fingerprint density at radius 3 is 2.45 bits per heavy atom. The summed E-state index contributed by atoms with van der Waals surface area (Å²) in [6.07, 6.45) is 0.166. The summed E-state index contributed by atoms with van der Waals surface area (Å²) in [5.74, 6) is 0.376. The largest absolute Gasteiger partial charge is 0.493 e. The number of rotatable bonds is 5. The summed E-state index contributed by atoms with van der Waals surface area (Å²) in [7, 11) is 0. The van der Waals surface area contributed by atoms with Crippen molar-refractivity contribution in [2.24, 2.45) is 0 Å². The lowest BCUT2D eigenvalue weighted by Crippen LogP contribution is -2.15. The lowest BCUT2D eigenvalue weighted by Gasteiger charge is -2.08. The number of benzene rings is 2. The Kier molecular flexibility index (Phi) is 5.12. The average molecular weight is 291 g/mol. The summed E-state index contributed by atoms with van der Waals surface area (Å²) in [5, 5.41) is 20.3. The number of carbonyl (C=O) groups excluding carboxylic acids is 1. The van der Waals surface area contributed by atoms with E-state index in [4.69, 9.17) is 15.3 Å². The maximum Gasteiger partial charge on any atom is 0.227 e. The highest BCUT2D eigenvalue weighted by molar-refractivity contribution is 5.92. The van der Waals surface area contributed by atoms with Crippen molar-refractivity contribution in [1.82, 2.24) is 0 Å². The van der Waals surface area contributed by atoms with E-state index in [-0.39, 0.29) is 18.9 Å². The van der Waals surface area contributed by atoms with Crippen LogP contribution in [0.1, 0.15) is 17.5 Å². The number of nitrogens with one attached hydrogen (secondary N) is 1. The van der Waals surface area contributed by atoms with Crippen molar-refractivity contribution in [3.8, 4) is 17.9 Å². The third-order valence-corrected chi connectivity index (χ3v) is 2.90. The number of hydrogen-bond acceptors (Lipinski definition) is 4. The maximum atomic E-state index is 11.8. The molecule has 0 bridgehead atoms. The van der Waals surface area contributed by atoms with Gasteiger partial charge in [0.2, 0.25) is 5.91 Å². The van der Waals surface area contributed by atoms with E-state index in [1.807, 2.05) is 12.1 Å². The van der Waals surface area contributed by atoms with Gasteiger partial charge in [-0.2, -0.15) is 10.5 Å². The Morgan fingerprint density at radius 1 is 1.05 bits per heavy atom. The minimum atomic E-state index is -0.226. The van der Waals surface area contributed by atoms with Gasteiger partial charge in [0.25, 0.3) is 0 Å². The van der Waals surface area contributed by atoms with Crippen molar-refractivity contribution in [3.05, 3.63) is 59.7 Å². The fourth-order valence-electron chi connectivity index (χ4n) is 1.79. The van der Waals surface area contributed by atoms with Gasteiger partial charge in [-0.3, -0.25) is 4.79 Å². The SMILES string of the molecule is N#Cc1ccc(OCCC(=O)Nc2ccccc2C#N)cc1. The van der Waals surface area contributed by atoms with Crippen molar-refractivity contribution in [2.75, 3.05) is 11.9 Å². The van der Waals surface area contributed by atoms with Gasteiger partial charge in [-0.25, -0.2) is 0 Å². The normalized spacial score (nSPS) is 9.36. The van der Waals surface area contributed by atoms with E-state index in [1.165, 1.54) is 0 Å². The van der Waals surface area contributed by atoms with E-state index in [2.05, 4.69) is 5.32 Å². The Bertz CT molecular complexity index is 740. The number of nitrogens with zero attached hydrogens (tertiary/aromatic N) is 2. The molecule has 0 unspecified atom stereocenters. The molecule has 0 atom stereocenters. The molecular weight excluding hydrogens is 278 g/mol. The number of ether oxygens (including phenoxy) is 1. The average Bonchev–Trinajstić information content (AvgIpc) is 2.56. The van der Waals surface area contributed by atoms with Crippen LogP contribution in [0.15, 0.2) is 48.5 Å². The highest BCUT2D eigenvalue weighted by atomic mass is 16.5. The summed E-state index contributed by atoms with van der Waals surface area (Å²) in [5.41, 5.74) is 1.47. The van der Waals surface area contributed by atoms with E-state index in [0.717, 1.165) is 0 Å². The first-order valence-corrected chi connectivity index (χ1v) is 6.65. The molecular formula is C17H13N3O2. The second-order valence-electron chi connectivity index (χ2n) is 4.44. The van der Waals surface area contributed by atoms with E-state index >= 15 is 0 Å². The van der Waals surface area contributed by atoms with Gasteiger partial charge in [0.1, 0.15) is 11.8 Å². The topological polar surface area (TPSA) is 85.9 Å². The van der Waals surface area contributed by atoms with Gasteiger partial charge in [0.05, 0.1) is 35.9 Å². The van der Waals surface area contributed by atoms with Crippen molar-refractivity contribution in [3.63, 3.8) is 0 Å². The predicted octanol–water partition coefficient (Wildman–Crippen LogP) is 2.84. The van der Waals surface area contributed by atoms with Crippen molar-refractivity contribution < 1.29 is 9.53 Å². The number of anilines is 1. The zero-order valence-corrected chi connectivity index (χ0v) is 11.7. The molecule has 0 aromatic heterocycles. The predicted molar refractivity (Wildman–Crippen MR) is 81.1 cm³/mol. The third kappa shape index (κ3) is 4.09. The second kappa shape index (κ2) is 7.47. The van der Waals surface area contributed by atoms with E-state index < -0.39 is 0 Å². The standard InChI is InChI=1S/C17H13N3O2/c18-11-13-5-7-15(8-6-13)22-10-9-17(21)20-16-4-2-1-3-14(16)12-19/h1-8H,9-10H2,(H,20,21). The van der Waals surface area contributed by atoms with Crippen LogP contribution in [0.25, 0.3) is 0 Å². The first-order chi connectivity index (χ1) is 10.7. The van der Waals surface area contributed by atoms with Crippen molar-refractivity contribution in [2.45, 2.75) is 6.42 Å². The molecule has 22 heavy (non-hydrogen) atoms. The molecule has 2 rings (SSSR count). The number of para-hydroxylation sites is 1. The molecule has 0 spiro atoms. The Hall–Kier alpha value is -3.31. The van der Waals surface area contributed by atoms with Gasteiger partial charge >= 0.3 is 0 Å². The first kappa shape index (κ1) is 15.1. The molecule has 0 radical (unpaired) electrons. The molecule has 108 valence electrons. The number of amides is 1. The molecule has 0 aliphatic rings. The zero-order chi connectivity index (χ0) is 15.8. The van der Waals surface area contributed by atoms with Gasteiger partial charge in [0.15, 0.2) is 0 Å². The van der Waals surface area contributed by atoms with Gasteiger partial charge in [-0.1, -0.05) is 12.1 Å². The number of nitriles is 2. The van der Waals surface area contributed by atoms with Gasteiger partial charge in [-0.15, -0.1) is 0 Å². The number of hydrogen-bond donors (Lipinski definition) is 1. The van der Waals surface area contributed by atoms with Crippen LogP contribution in [0.2, 0.25) is 0 Å². The van der Waals surface area contributed by atoms with Gasteiger partial charge in [0, 0.05) is 0 Å². The first-order valence-electron chi connectivity index (χ1n) is 6.65. The molecule has 5 nitrogen and oxygen atoms in total. The number of carbonyl (C=O) groups is 1. The van der Waals surface area contributed by atoms with E-state index in [9.17, 15) is 4.79 Å². The molecule has 2 aromatic rings. The lowest BCUT2D eigenvalue weighted by molar-refractivity contribution is -0.116. The molecule has 0 aliphatic carbocycles. The molecule has 0 saturated heterocycles. The minimum Gasteiger partial charge on any atom is -0.493 e. The maximum absolute atomic E-state index is 11.8.